The molecule has 3 rings (SSSR count). The van der Waals surface area contributed by atoms with Gasteiger partial charge in [0.2, 0.25) is 0 Å². The van der Waals surface area contributed by atoms with Gasteiger partial charge in [-0.15, -0.1) is 0 Å². The summed E-state index contributed by atoms with van der Waals surface area (Å²) in [6.45, 7) is 0. The van der Waals surface area contributed by atoms with Crippen LogP contribution in [0.15, 0.2) is 63.8 Å². The summed E-state index contributed by atoms with van der Waals surface area (Å²) in [7, 11) is 1.56. The molecule has 20 heavy (non-hydrogen) atoms. The maximum Gasteiger partial charge on any atom is 0.339 e. The molecule has 0 aliphatic carbocycles. The second kappa shape index (κ2) is 5.21. The van der Waals surface area contributed by atoms with E-state index in [1.54, 1.807) is 31.4 Å². The van der Waals surface area contributed by atoms with Crippen LogP contribution >= 0.6 is 0 Å². The number of ether oxygens (including phenoxy) is 1. The molecule has 0 spiro atoms. The average molecular weight is 267 g/mol. The van der Waals surface area contributed by atoms with Crippen molar-refractivity contribution in [1.82, 2.24) is 0 Å². The lowest BCUT2D eigenvalue weighted by Gasteiger charge is -2.06. The van der Waals surface area contributed by atoms with Crippen molar-refractivity contribution in [3.05, 3.63) is 76.1 Å². The molecule has 0 amide bonds. The Balaban J connectivity index is 2.19. The summed E-state index contributed by atoms with van der Waals surface area (Å²) in [5, 5.41) is 0.697. The molecule has 1 atom stereocenters. The Morgan fingerprint density at radius 1 is 1.15 bits per heavy atom. The lowest BCUT2D eigenvalue weighted by molar-refractivity contribution is 0.418. The monoisotopic (exact) mass is 267 g/mol. The van der Waals surface area contributed by atoms with Gasteiger partial charge in [0.05, 0.1) is 12.5 Å². The topological polar surface area (TPSA) is 39.4 Å². The van der Waals surface area contributed by atoms with Gasteiger partial charge in [-0.2, -0.15) is 0 Å². The summed E-state index contributed by atoms with van der Waals surface area (Å²) >= 11 is 0. The summed E-state index contributed by atoms with van der Waals surface area (Å²) in [5.74, 6) is 0.623. The number of hydrogen-bond acceptors (Lipinski definition) is 3. The molecule has 0 N–H and O–H groups in total. The van der Waals surface area contributed by atoms with Crippen LogP contribution in [0.3, 0.4) is 0 Å². The standard InChI is InChI=1S/C17H14O3/c1-19-15-8-5-9-16-14(15)11-13(17(18)20-16)10-12-6-3-2-4-7-12/h2-9,11H,10H2,1H3/i10D. The van der Waals surface area contributed by atoms with Gasteiger partial charge >= 0.3 is 5.63 Å². The fraction of sp³-hybridized carbons (Fsp3) is 0.118. The van der Waals surface area contributed by atoms with Crippen molar-refractivity contribution in [1.29, 1.82) is 0 Å². The Hall–Kier alpha value is -2.55. The minimum atomic E-state index is -0.781. The highest BCUT2D eigenvalue weighted by atomic mass is 16.5. The second-order valence-electron chi connectivity index (χ2n) is 4.42. The normalized spacial score (nSPS) is 12.9. The second-order valence-corrected chi connectivity index (χ2v) is 4.42. The van der Waals surface area contributed by atoms with E-state index < -0.39 is 12.0 Å². The SMILES string of the molecule is [2H]C(c1ccccc1)c1cc2c(OC)cccc2oc1=O. The molecular weight excluding hydrogens is 252 g/mol. The van der Waals surface area contributed by atoms with Crippen LogP contribution in [0.4, 0.5) is 0 Å². The average Bonchev–Trinajstić information content (AvgIpc) is 2.53. The van der Waals surface area contributed by atoms with E-state index in [9.17, 15) is 4.79 Å². The summed E-state index contributed by atoms with van der Waals surface area (Å²) in [4.78, 5) is 12.1. The van der Waals surface area contributed by atoms with Gasteiger partial charge in [-0.05, 0) is 23.8 Å². The molecule has 0 aliphatic heterocycles. The van der Waals surface area contributed by atoms with E-state index in [4.69, 9.17) is 10.5 Å². The first-order valence-corrected chi connectivity index (χ1v) is 6.28. The zero-order valence-electron chi connectivity index (χ0n) is 12.0. The zero-order valence-corrected chi connectivity index (χ0v) is 11.0. The van der Waals surface area contributed by atoms with Crippen molar-refractivity contribution in [2.45, 2.75) is 6.40 Å². The first kappa shape index (κ1) is 11.3. The molecule has 0 aliphatic rings. The van der Waals surface area contributed by atoms with Crippen molar-refractivity contribution in [2.75, 3.05) is 7.11 Å². The summed E-state index contributed by atoms with van der Waals surface area (Å²) in [5.41, 5.74) is 1.03. The first-order chi connectivity index (χ1) is 10.2. The maximum absolute atomic E-state index is 12.1. The highest BCUT2D eigenvalue weighted by Crippen LogP contribution is 2.25. The Kier molecular flexibility index (Phi) is 2.94. The summed E-state index contributed by atoms with van der Waals surface area (Å²) in [6, 6.07) is 16.2. The lowest BCUT2D eigenvalue weighted by atomic mass is 10.1. The van der Waals surface area contributed by atoms with Crippen molar-refractivity contribution in [2.24, 2.45) is 0 Å². The molecule has 3 nitrogen and oxygen atoms in total. The molecule has 3 heteroatoms. The molecule has 2 aromatic carbocycles. The Morgan fingerprint density at radius 3 is 2.70 bits per heavy atom. The molecule has 3 aromatic rings. The Bertz CT molecular complexity index is 824. The molecule has 0 fully saturated rings. The molecule has 1 aromatic heterocycles. The number of rotatable bonds is 3. The number of fused-ring (bicyclic) bond motifs is 1. The van der Waals surface area contributed by atoms with E-state index in [0.29, 0.717) is 22.3 Å². The number of methoxy groups -OCH3 is 1. The summed E-state index contributed by atoms with van der Waals surface area (Å²) < 4.78 is 18.9. The van der Waals surface area contributed by atoms with Crippen LogP contribution in [0.2, 0.25) is 0 Å². The zero-order chi connectivity index (χ0) is 14.8. The van der Waals surface area contributed by atoms with E-state index in [1.165, 1.54) is 0 Å². The van der Waals surface area contributed by atoms with Gasteiger partial charge < -0.3 is 9.15 Å². The third-order valence-electron chi connectivity index (χ3n) is 3.11. The molecule has 0 saturated carbocycles. The van der Waals surface area contributed by atoms with Crippen molar-refractivity contribution < 1.29 is 10.5 Å². The largest absolute Gasteiger partial charge is 0.496 e. The maximum atomic E-state index is 12.1. The highest BCUT2D eigenvalue weighted by Gasteiger charge is 2.09. The third kappa shape index (κ3) is 2.30. The lowest BCUT2D eigenvalue weighted by Crippen LogP contribution is -2.07. The van der Waals surface area contributed by atoms with Gasteiger partial charge in [0.15, 0.2) is 0 Å². The minimum Gasteiger partial charge on any atom is -0.496 e. The predicted octanol–water partition coefficient (Wildman–Crippen LogP) is 3.39. The highest BCUT2D eigenvalue weighted by molar-refractivity contribution is 5.83. The van der Waals surface area contributed by atoms with Crippen molar-refractivity contribution in [3.8, 4) is 5.75 Å². The fourth-order valence-electron chi connectivity index (χ4n) is 2.14. The summed E-state index contributed by atoms with van der Waals surface area (Å²) in [6.07, 6.45) is -0.781. The van der Waals surface area contributed by atoms with E-state index in [1.807, 2.05) is 30.3 Å². The van der Waals surface area contributed by atoms with Crippen LogP contribution in [0.1, 0.15) is 12.5 Å². The van der Waals surface area contributed by atoms with Gasteiger partial charge in [-0.25, -0.2) is 4.79 Å². The van der Waals surface area contributed by atoms with Crippen LogP contribution in [0, 0.1) is 0 Å². The van der Waals surface area contributed by atoms with E-state index in [0.717, 1.165) is 5.56 Å². The van der Waals surface area contributed by atoms with Gasteiger partial charge in [0.25, 0.3) is 0 Å². The van der Waals surface area contributed by atoms with Crippen LogP contribution < -0.4 is 10.4 Å². The van der Waals surface area contributed by atoms with E-state index in [-0.39, 0.29) is 0 Å². The molecule has 100 valence electrons. The minimum absolute atomic E-state index is 0.304. The molecular formula is C17H14O3. The van der Waals surface area contributed by atoms with E-state index >= 15 is 0 Å². The third-order valence-corrected chi connectivity index (χ3v) is 3.11. The Morgan fingerprint density at radius 2 is 1.95 bits per heavy atom. The molecule has 1 unspecified atom stereocenters. The Labute approximate surface area is 117 Å². The molecule has 0 radical (unpaired) electrons. The van der Waals surface area contributed by atoms with E-state index in [2.05, 4.69) is 0 Å². The van der Waals surface area contributed by atoms with Crippen molar-refractivity contribution >= 4 is 11.0 Å². The fourth-order valence-corrected chi connectivity index (χ4v) is 2.14. The molecule has 0 bridgehead atoms. The number of hydrogen-bond donors (Lipinski definition) is 0. The predicted molar refractivity (Wildman–Crippen MR) is 78.3 cm³/mol. The van der Waals surface area contributed by atoms with Crippen LogP contribution in [0.25, 0.3) is 11.0 Å². The molecule has 0 saturated heterocycles. The van der Waals surface area contributed by atoms with Gasteiger partial charge in [-0.3, -0.25) is 0 Å². The van der Waals surface area contributed by atoms with Gasteiger partial charge in [-0.1, -0.05) is 36.4 Å². The first-order valence-electron chi connectivity index (χ1n) is 6.86. The van der Waals surface area contributed by atoms with Gasteiger partial charge in [0.1, 0.15) is 11.3 Å². The van der Waals surface area contributed by atoms with Crippen LogP contribution in [-0.4, -0.2) is 7.11 Å². The van der Waals surface area contributed by atoms with Gasteiger partial charge in [0, 0.05) is 13.3 Å². The quantitative estimate of drug-likeness (QED) is 0.683. The van der Waals surface area contributed by atoms with Crippen LogP contribution in [0.5, 0.6) is 5.75 Å². The van der Waals surface area contributed by atoms with Crippen LogP contribution in [-0.2, 0) is 6.40 Å². The number of benzene rings is 2. The van der Waals surface area contributed by atoms with Crippen molar-refractivity contribution in [3.63, 3.8) is 0 Å². The molecule has 1 heterocycles. The smallest absolute Gasteiger partial charge is 0.339 e.